The number of hydrogen-bond acceptors (Lipinski definition) is 5. The van der Waals surface area contributed by atoms with E-state index in [-0.39, 0.29) is 5.41 Å². The van der Waals surface area contributed by atoms with Crippen LogP contribution in [-0.2, 0) is 5.41 Å². The van der Waals surface area contributed by atoms with Crippen LogP contribution < -0.4 is 0 Å². The van der Waals surface area contributed by atoms with Gasteiger partial charge in [0.2, 0.25) is 0 Å². The van der Waals surface area contributed by atoms with Gasteiger partial charge in [0, 0.05) is 30.4 Å². The first-order valence-corrected chi connectivity index (χ1v) is 12.1. The lowest BCUT2D eigenvalue weighted by atomic mass is 9.85. The molecule has 0 radical (unpaired) electrons. The molecule has 0 amide bonds. The molecule has 0 atom stereocenters. The molecule has 29 heavy (non-hydrogen) atoms. The first-order valence-electron chi connectivity index (χ1n) is 9.56. The maximum absolute atomic E-state index is 4.81. The summed E-state index contributed by atoms with van der Waals surface area (Å²) in [4.78, 5) is 10.5. The zero-order valence-corrected chi connectivity index (χ0v) is 18.8. The van der Waals surface area contributed by atoms with Crippen LogP contribution in [0.15, 0.2) is 53.5 Å². The van der Waals surface area contributed by atoms with E-state index in [1.807, 2.05) is 11.3 Å². The molecule has 0 aliphatic heterocycles. The molecule has 0 bridgehead atoms. The second-order valence-electron chi connectivity index (χ2n) is 8.39. The Morgan fingerprint density at radius 3 is 2.41 bits per heavy atom. The van der Waals surface area contributed by atoms with Gasteiger partial charge in [0.25, 0.3) is 0 Å². The van der Waals surface area contributed by atoms with Crippen molar-refractivity contribution >= 4 is 74.5 Å². The van der Waals surface area contributed by atoms with Gasteiger partial charge in [-0.15, -0.1) is 34.0 Å². The summed E-state index contributed by atoms with van der Waals surface area (Å²) in [6.45, 7) is 6.86. The minimum Gasteiger partial charge on any atom is -0.236 e. The molecule has 0 saturated heterocycles. The molecule has 4 heterocycles. The number of thiophene rings is 3. The van der Waals surface area contributed by atoms with Crippen LogP contribution in [0.4, 0.5) is 0 Å². The van der Waals surface area contributed by atoms with Gasteiger partial charge in [-0.05, 0) is 62.8 Å². The summed E-state index contributed by atoms with van der Waals surface area (Å²) < 4.78 is 3.99. The monoisotopic (exact) mass is 430 g/mol. The number of nitrogens with zero attached hydrogens (tertiary/aromatic N) is 2. The Balaban J connectivity index is 1.76. The summed E-state index contributed by atoms with van der Waals surface area (Å²) in [6, 6.07) is 13.5. The average Bonchev–Trinajstić information content (AvgIpc) is 3.41. The third kappa shape index (κ3) is 2.58. The van der Waals surface area contributed by atoms with Crippen LogP contribution in [-0.4, -0.2) is 9.97 Å². The van der Waals surface area contributed by atoms with Crippen molar-refractivity contribution in [2.24, 2.45) is 0 Å². The van der Waals surface area contributed by atoms with Crippen LogP contribution in [0.1, 0.15) is 26.3 Å². The Hall–Kier alpha value is -2.34. The van der Waals surface area contributed by atoms with Crippen molar-refractivity contribution in [3.8, 4) is 11.3 Å². The van der Waals surface area contributed by atoms with Crippen molar-refractivity contribution < 1.29 is 0 Å². The maximum atomic E-state index is 4.81. The molecule has 0 aliphatic carbocycles. The van der Waals surface area contributed by atoms with E-state index in [1.165, 1.54) is 46.8 Å². The number of benzene rings is 2. The summed E-state index contributed by atoms with van der Waals surface area (Å²) in [5, 5.41) is 9.44. The number of aromatic nitrogens is 2. The Labute approximate surface area is 180 Å². The molecular weight excluding hydrogens is 412 g/mol. The van der Waals surface area contributed by atoms with Crippen LogP contribution >= 0.6 is 34.0 Å². The van der Waals surface area contributed by atoms with Crippen LogP contribution in [0.5, 0.6) is 0 Å². The van der Waals surface area contributed by atoms with Gasteiger partial charge in [-0.2, -0.15) is 0 Å². The Kier molecular flexibility index (Phi) is 3.67. The van der Waals surface area contributed by atoms with Gasteiger partial charge in [-0.1, -0.05) is 26.8 Å². The molecule has 4 aromatic heterocycles. The van der Waals surface area contributed by atoms with Gasteiger partial charge in [0.15, 0.2) is 0 Å². The fourth-order valence-electron chi connectivity index (χ4n) is 4.11. The molecule has 0 N–H and O–H groups in total. The standard InChI is InChI=1S/C24H18N2S3/c1-24(2,3)16-11-15(10-14-7-9-27-21(14)16)20-19-18-17(29-23(19)26-12-25-20)5-4-13-6-8-28-22(13)18/h4-12H,1-3H3. The van der Waals surface area contributed by atoms with Gasteiger partial charge in [0.05, 0.1) is 5.69 Å². The highest BCUT2D eigenvalue weighted by molar-refractivity contribution is 7.27. The highest BCUT2D eigenvalue weighted by atomic mass is 32.1. The molecule has 6 aromatic rings. The molecule has 2 aromatic carbocycles. The molecule has 0 fully saturated rings. The van der Waals surface area contributed by atoms with E-state index < -0.39 is 0 Å². The quantitative estimate of drug-likeness (QED) is 0.262. The third-order valence-corrected chi connectivity index (χ3v) is 8.46. The van der Waals surface area contributed by atoms with Crippen molar-refractivity contribution in [2.45, 2.75) is 26.2 Å². The van der Waals surface area contributed by atoms with Crippen LogP contribution in [0.3, 0.4) is 0 Å². The minimum atomic E-state index is 0.0724. The topological polar surface area (TPSA) is 25.8 Å². The third-order valence-electron chi connectivity index (χ3n) is 5.49. The number of rotatable bonds is 1. The first kappa shape index (κ1) is 17.5. The van der Waals surface area contributed by atoms with E-state index in [4.69, 9.17) is 4.98 Å². The highest BCUT2D eigenvalue weighted by Gasteiger charge is 2.22. The van der Waals surface area contributed by atoms with Crippen molar-refractivity contribution in [1.29, 1.82) is 0 Å². The summed E-state index contributed by atoms with van der Waals surface area (Å²) in [7, 11) is 0. The predicted octanol–water partition coefficient (Wildman–Crippen LogP) is 8.24. The lowest BCUT2D eigenvalue weighted by molar-refractivity contribution is 0.597. The molecule has 0 spiro atoms. The first-order chi connectivity index (χ1) is 14.0. The van der Waals surface area contributed by atoms with Crippen molar-refractivity contribution in [2.75, 3.05) is 0 Å². The summed E-state index contributed by atoms with van der Waals surface area (Å²) in [6.07, 6.45) is 1.72. The molecule has 0 aliphatic rings. The summed E-state index contributed by atoms with van der Waals surface area (Å²) in [5.74, 6) is 0. The van der Waals surface area contributed by atoms with Gasteiger partial charge in [0.1, 0.15) is 11.2 Å². The largest absolute Gasteiger partial charge is 0.236 e. The Bertz CT molecular complexity index is 1540. The smallest absolute Gasteiger partial charge is 0.128 e. The minimum absolute atomic E-state index is 0.0724. The van der Waals surface area contributed by atoms with Crippen LogP contribution in [0.25, 0.3) is 51.7 Å². The lowest BCUT2D eigenvalue weighted by Gasteiger charge is -2.21. The van der Waals surface area contributed by atoms with Gasteiger partial charge in [-0.3, -0.25) is 0 Å². The summed E-state index contributed by atoms with van der Waals surface area (Å²) >= 11 is 5.39. The fourth-order valence-corrected chi connectivity index (χ4v) is 7.28. The van der Waals surface area contributed by atoms with Crippen molar-refractivity contribution in [3.63, 3.8) is 0 Å². The van der Waals surface area contributed by atoms with E-state index in [0.29, 0.717) is 0 Å². The van der Waals surface area contributed by atoms with E-state index >= 15 is 0 Å². The SMILES string of the molecule is CC(C)(C)c1cc(-c2ncnc3sc4ccc5ccsc5c4c23)cc2ccsc12. The average molecular weight is 431 g/mol. The van der Waals surface area contributed by atoms with Gasteiger partial charge >= 0.3 is 0 Å². The Morgan fingerprint density at radius 2 is 1.59 bits per heavy atom. The Morgan fingerprint density at radius 1 is 0.793 bits per heavy atom. The van der Waals surface area contributed by atoms with E-state index in [9.17, 15) is 0 Å². The lowest BCUT2D eigenvalue weighted by Crippen LogP contribution is -2.11. The van der Waals surface area contributed by atoms with E-state index in [0.717, 1.165) is 10.5 Å². The molecule has 0 unspecified atom stereocenters. The van der Waals surface area contributed by atoms with Crippen molar-refractivity contribution in [3.05, 3.63) is 59.0 Å². The van der Waals surface area contributed by atoms with Gasteiger partial charge in [-0.25, -0.2) is 9.97 Å². The van der Waals surface area contributed by atoms with E-state index in [2.05, 4.69) is 72.9 Å². The molecule has 0 saturated carbocycles. The predicted molar refractivity (Wildman–Crippen MR) is 130 cm³/mol. The summed E-state index contributed by atoms with van der Waals surface area (Å²) in [5.41, 5.74) is 3.68. The second-order valence-corrected chi connectivity index (χ2v) is 11.3. The normalized spacial score (nSPS) is 12.7. The molecular formula is C24H18N2S3. The zero-order valence-electron chi connectivity index (χ0n) is 16.3. The van der Waals surface area contributed by atoms with E-state index in [1.54, 1.807) is 29.0 Å². The van der Waals surface area contributed by atoms with Crippen LogP contribution in [0.2, 0.25) is 0 Å². The fraction of sp³-hybridized carbons (Fsp3) is 0.167. The highest BCUT2D eigenvalue weighted by Crippen LogP contribution is 2.44. The molecule has 6 rings (SSSR count). The second kappa shape index (κ2) is 6.08. The number of hydrogen-bond donors (Lipinski definition) is 0. The molecule has 142 valence electrons. The zero-order chi connectivity index (χ0) is 19.8. The van der Waals surface area contributed by atoms with Gasteiger partial charge < -0.3 is 0 Å². The molecule has 5 heteroatoms. The van der Waals surface area contributed by atoms with Crippen LogP contribution in [0, 0.1) is 0 Å². The molecule has 2 nitrogen and oxygen atoms in total. The van der Waals surface area contributed by atoms with Crippen molar-refractivity contribution in [1.82, 2.24) is 9.97 Å². The maximum Gasteiger partial charge on any atom is 0.128 e. The number of fused-ring (bicyclic) bond motifs is 6.